The first-order valence-electron chi connectivity index (χ1n) is 8.70. The Labute approximate surface area is 153 Å². The van der Waals surface area contributed by atoms with Crippen molar-refractivity contribution in [3.63, 3.8) is 0 Å². The maximum absolute atomic E-state index is 5.68. The fourth-order valence-electron chi connectivity index (χ4n) is 3.47. The van der Waals surface area contributed by atoms with E-state index >= 15 is 0 Å². The molecule has 1 aliphatic rings. The molecule has 0 amide bonds. The average Bonchev–Trinajstić information content (AvgIpc) is 3.02. The molecule has 0 aliphatic carbocycles. The second-order valence-electron chi connectivity index (χ2n) is 6.62. The molecule has 1 aliphatic heterocycles. The van der Waals surface area contributed by atoms with E-state index in [-0.39, 0.29) is 6.04 Å². The molecule has 0 saturated heterocycles. The lowest BCUT2D eigenvalue weighted by molar-refractivity contribution is 0.188. The van der Waals surface area contributed by atoms with Crippen LogP contribution in [0, 0.1) is 4.77 Å². The van der Waals surface area contributed by atoms with Gasteiger partial charge in [0.1, 0.15) is 6.33 Å². The van der Waals surface area contributed by atoms with Gasteiger partial charge < -0.3 is 0 Å². The van der Waals surface area contributed by atoms with Crippen molar-refractivity contribution in [1.82, 2.24) is 19.2 Å². The smallest absolute Gasteiger partial charge is 0.199 e. The molecule has 0 spiro atoms. The van der Waals surface area contributed by atoms with Crippen LogP contribution in [0.25, 0.3) is 0 Å². The minimum absolute atomic E-state index is 0.185. The van der Waals surface area contributed by atoms with Crippen molar-refractivity contribution >= 4 is 12.2 Å². The van der Waals surface area contributed by atoms with Gasteiger partial charge >= 0.3 is 0 Å². The van der Waals surface area contributed by atoms with Gasteiger partial charge in [-0.3, -0.25) is 9.47 Å². The Bertz CT molecular complexity index is 913. The number of fused-ring (bicyclic) bond motifs is 1. The molecular formula is C20H22N4S. The summed E-state index contributed by atoms with van der Waals surface area (Å²) in [4.78, 5) is 2.41. The lowest BCUT2D eigenvalue weighted by Crippen LogP contribution is -2.32. The van der Waals surface area contributed by atoms with Gasteiger partial charge in [-0.1, -0.05) is 54.6 Å². The molecule has 0 radical (unpaired) electrons. The Kier molecular flexibility index (Phi) is 4.51. The molecule has 2 heterocycles. The second kappa shape index (κ2) is 6.94. The van der Waals surface area contributed by atoms with Crippen LogP contribution in [-0.2, 0) is 19.6 Å². The maximum Gasteiger partial charge on any atom is 0.199 e. The number of benzene rings is 2. The topological polar surface area (TPSA) is 26.0 Å². The summed E-state index contributed by atoms with van der Waals surface area (Å²) in [6.45, 7) is 4.90. The normalized spacial score (nSPS) is 15.7. The van der Waals surface area contributed by atoms with E-state index in [4.69, 9.17) is 12.2 Å². The van der Waals surface area contributed by atoms with Crippen LogP contribution in [0.1, 0.15) is 29.7 Å². The van der Waals surface area contributed by atoms with E-state index in [0.717, 1.165) is 31.0 Å². The Morgan fingerprint density at radius 1 is 1.04 bits per heavy atom. The standard InChI is InChI=1S/C20H22N4S/c1-16(17-7-3-2-4-8-17)23-14-21-24(20(23)25)15-22-12-11-18-9-5-6-10-19(18)13-22/h2-10,14,16H,11-13,15H2,1H3/t16-/m1/s1. The molecule has 128 valence electrons. The first kappa shape index (κ1) is 16.2. The number of hydrogen-bond acceptors (Lipinski definition) is 3. The van der Waals surface area contributed by atoms with Crippen molar-refractivity contribution in [3.05, 3.63) is 82.4 Å². The second-order valence-corrected chi connectivity index (χ2v) is 6.98. The summed E-state index contributed by atoms with van der Waals surface area (Å²) in [7, 11) is 0. The van der Waals surface area contributed by atoms with Crippen LogP contribution in [0.15, 0.2) is 60.9 Å². The van der Waals surface area contributed by atoms with Crippen LogP contribution in [-0.4, -0.2) is 25.8 Å². The SMILES string of the molecule is C[C@H](c1ccccc1)n1cnn(CN2CCc3ccccc3C2)c1=S. The highest BCUT2D eigenvalue weighted by atomic mass is 32.1. The molecule has 0 N–H and O–H groups in total. The molecular weight excluding hydrogens is 328 g/mol. The van der Waals surface area contributed by atoms with Gasteiger partial charge in [-0.15, -0.1) is 0 Å². The Morgan fingerprint density at radius 3 is 2.56 bits per heavy atom. The zero-order valence-corrected chi connectivity index (χ0v) is 15.2. The van der Waals surface area contributed by atoms with E-state index in [0.29, 0.717) is 0 Å². The van der Waals surface area contributed by atoms with Gasteiger partial charge in [-0.25, -0.2) is 4.68 Å². The van der Waals surface area contributed by atoms with Gasteiger partial charge in [-0.05, 0) is 42.3 Å². The average molecular weight is 350 g/mol. The highest BCUT2D eigenvalue weighted by Crippen LogP contribution is 2.20. The Hall–Kier alpha value is -2.24. The minimum Gasteiger partial charge on any atom is -0.299 e. The summed E-state index contributed by atoms with van der Waals surface area (Å²) >= 11 is 5.68. The summed E-state index contributed by atoms with van der Waals surface area (Å²) in [5.41, 5.74) is 4.12. The quantitative estimate of drug-likeness (QED) is 0.664. The third-order valence-corrected chi connectivity index (χ3v) is 5.42. The molecule has 2 aromatic carbocycles. The zero-order valence-electron chi connectivity index (χ0n) is 14.4. The van der Waals surface area contributed by atoms with Gasteiger partial charge in [0, 0.05) is 13.1 Å². The van der Waals surface area contributed by atoms with E-state index < -0.39 is 0 Å². The molecule has 0 unspecified atom stereocenters. The highest BCUT2D eigenvalue weighted by molar-refractivity contribution is 7.71. The number of nitrogens with zero attached hydrogens (tertiary/aromatic N) is 4. The van der Waals surface area contributed by atoms with Crippen LogP contribution < -0.4 is 0 Å². The summed E-state index contributed by atoms with van der Waals surface area (Å²) in [5, 5.41) is 4.55. The predicted molar refractivity (Wildman–Crippen MR) is 102 cm³/mol. The maximum atomic E-state index is 5.68. The van der Waals surface area contributed by atoms with Crippen molar-refractivity contribution in [3.8, 4) is 0 Å². The lowest BCUT2D eigenvalue weighted by Gasteiger charge is -2.28. The zero-order chi connectivity index (χ0) is 17.2. The molecule has 4 nitrogen and oxygen atoms in total. The molecule has 1 atom stereocenters. The third kappa shape index (κ3) is 3.30. The Morgan fingerprint density at radius 2 is 1.76 bits per heavy atom. The highest BCUT2D eigenvalue weighted by Gasteiger charge is 2.17. The predicted octanol–water partition coefficient (Wildman–Crippen LogP) is 4.04. The van der Waals surface area contributed by atoms with E-state index in [2.05, 4.69) is 70.0 Å². The van der Waals surface area contributed by atoms with Crippen molar-refractivity contribution in [2.75, 3.05) is 6.54 Å². The fraction of sp³-hybridized carbons (Fsp3) is 0.300. The van der Waals surface area contributed by atoms with Crippen LogP contribution in [0.2, 0.25) is 0 Å². The van der Waals surface area contributed by atoms with Crippen molar-refractivity contribution in [2.45, 2.75) is 32.6 Å². The number of hydrogen-bond donors (Lipinski definition) is 0. The van der Waals surface area contributed by atoms with E-state index in [1.807, 2.05) is 17.1 Å². The third-order valence-electron chi connectivity index (χ3n) is 5.00. The summed E-state index contributed by atoms with van der Waals surface area (Å²) < 4.78 is 4.78. The van der Waals surface area contributed by atoms with E-state index in [1.165, 1.54) is 16.7 Å². The van der Waals surface area contributed by atoms with Crippen LogP contribution in [0.4, 0.5) is 0 Å². The largest absolute Gasteiger partial charge is 0.299 e. The van der Waals surface area contributed by atoms with E-state index in [9.17, 15) is 0 Å². The van der Waals surface area contributed by atoms with Crippen molar-refractivity contribution < 1.29 is 0 Å². The molecule has 1 aromatic heterocycles. The number of aromatic nitrogens is 3. The van der Waals surface area contributed by atoms with Gasteiger partial charge in [0.2, 0.25) is 0 Å². The molecule has 3 aromatic rings. The lowest BCUT2D eigenvalue weighted by atomic mass is 10.0. The molecule has 0 saturated carbocycles. The van der Waals surface area contributed by atoms with Crippen molar-refractivity contribution in [2.24, 2.45) is 0 Å². The van der Waals surface area contributed by atoms with Gasteiger partial charge in [0.05, 0.1) is 12.7 Å². The fourth-order valence-corrected chi connectivity index (χ4v) is 3.78. The number of rotatable bonds is 4. The van der Waals surface area contributed by atoms with E-state index in [1.54, 1.807) is 0 Å². The molecule has 0 bridgehead atoms. The van der Waals surface area contributed by atoms with Gasteiger partial charge in [0.25, 0.3) is 0 Å². The minimum atomic E-state index is 0.185. The van der Waals surface area contributed by atoms with Crippen molar-refractivity contribution in [1.29, 1.82) is 0 Å². The molecule has 4 rings (SSSR count). The first-order chi connectivity index (χ1) is 12.2. The van der Waals surface area contributed by atoms with Crippen LogP contribution in [0.5, 0.6) is 0 Å². The summed E-state index contributed by atoms with van der Waals surface area (Å²) in [5.74, 6) is 0. The first-order valence-corrected chi connectivity index (χ1v) is 9.11. The molecule has 0 fully saturated rings. The van der Waals surface area contributed by atoms with Gasteiger partial charge in [-0.2, -0.15) is 5.10 Å². The Balaban J connectivity index is 1.52. The molecule has 5 heteroatoms. The monoisotopic (exact) mass is 350 g/mol. The van der Waals surface area contributed by atoms with Crippen LogP contribution in [0.3, 0.4) is 0 Å². The molecule has 25 heavy (non-hydrogen) atoms. The summed E-state index contributed by atoms with van der Waals surface area (Å²) in [6, 6.07) is 19.3. The van der Waals surface area contributed by atoms with Crippen LogP contribution >= 0.6 is 12.2 Å². The summed E-state index contributed by atoms with van der Waals surface area (Å²) in [6.07, 6.45) is 2.95. The van der Waals surface area contributed by atoms with Gasteiger partial charge in [0.15, 0.2) is 4.77 Å².